The van der Waals surface area contributed by atoms with Crippen molar-refractivity contribution in [1.82, 2.24) is 9.78 Å². The van der Waals surface area contributed by atoms with Crippen LogP contribution in [-0.4, -0.2) is 9.78 Å². The number of hydrogen-bond acceptors (Lipinski definition) is 2. The number of halogens is 3. The molecule has 0 fully saturated rings. The first-order valence-electron chi connectivity index (χ1n) is 5.69. The molecule has 1 aromatic heterocycles. The number of rotatable bonds is 3. The first-order chi connectivity index (χ1) is 9.41. The van der Waals surface area contributed by atoms with Gasteiger partial charge in [0.1, 0.15) is 12.2 Å². The third-order valence-electron chi connectivity index (χ3n) is 2.70. The van der Waals surface area contributed by atoms with E-state index in [9.17, 15) is 13.2 Å². The monoisotopic (exact) mass is 280 g/mol. The lowest BCUT2D eigenvalue weighted by atomic mass is 10.1. The summed E-state index contributed by atoms with van der Waals surface area (Å²) in [5, 5.41) is 3.95. The van der Waals surface area contributed by atoms with E-state index in [4.69, 9.17) is 11.2 Å². The lowest BCUT2D eigenvalue weighted by Crippen LogP contribution is -2.06. The summed E-state index contributed by atoms with van der Waals surface area (Å²) < 4.78 is 44.2. The fourth-order valence-electron chi connectivity index (χ4n) is 1.64. The predicted molar refractivity (Wildman–Crippen MR) is 66.9 cm³/mol. The zero-order valence-corrected chi connectivity index (χ0v) is 10.6. The van der Waals surface area contributed by atoms with Crippen molar-refractivity contribution >= 4 is 0 Å². The van der Waals surface area contributed by atoms with Crippen molar-refractivity contribution in [2.45, 2.75) is 12.8 Å². The molecule has 2 aromatic rings. The number of aromatic nitrogens is 2. The average molecular weight is 280 g/mol. The Morgan fingerprint density at radius 1 is 1.30 bits per heavy atom. The number of aryl methyl sites for hydroxylation is 1. The van der Waals surface area contributed by atoms with Crippen molar-refractivity contribution in [1.29, 1.82) is 0 Å². The summed E-state index contributed by atoms with van der Waals surface area (Å²) in [6.07, 6.45) is 2.45. The van der Waals surface area contributed by atoms with Gasteiger partial charge >= 0.3 is 6.18 Å². The maximum absolute atomic E-state index is 12.4. The van der Waals surface area contributed by atoms with E-state index in [1.54, 1.807) is 7.05 Å². The minimum atomic E-state index is -4.34. The molecule has 104 valence electrons. The van der Waals surface area contributed by atoms with Crippen LogP contribution in [0.5, 0.6) is 5.88 Å². The Hall–Kier alpha value is -2.42. The van der Waals surface area contributed by atoms with Crippen LogP contribution < -0.4 is 4.74 Å². The van der Waals surface area contributed by atoms with E-state index in [-0.39, 0.29) is 6.61 Å². The molecule has 0 N–H and O–H groups in total. The summed E-state index contributed by atoms with van der Waals surface area (Å²) in [5.41, 5.74) is 0.424. The van der Waals surface area contributed by atoms with Crippen LogP contribution in [0.3, 0.4) is 0 Å². The highest BCUT2D eigenvalue weighted by Crippen LogP contribution is 2.29. The number of ether oxygens (including phenoxy) is 1. The Labute approximate surface area is 114 Å². The molecule has 20 heavy (non-hydrogen) atoms. The molecule has 1 heterocycles. The first-order valence-corrected chi connectivity index (χ1v) is 5.69. The number of terminal acetylenes is 1. The highest BCUT2D eigenvalue weighted by molar-refractivity contribution is 5.39. The predicted octanol–water partition coefficient (Wildman–Crippen LogP) is 3.00. The molecule has 0 radical (unpaired) electrons. The second-order valence-electron chi connectivity index (χ2n) is 4.11. The van der Waals surface area contributed by atoms with Crippen molar-refractivity contribution in [3.05, 3.63) is 47.2 Å². The summed E-state index contributed by atoms with van der Waals surface area (Å²) in [6.45, 7) is 0.117. The van der Waals surface area contributed by atoms with Gasteiger partial charge in [-0.25, -0.2) is 4.68 Å². The molecule has 0 atom stereocenters. The smallest absolute Gasteiger partial charge is 0.416 e. The van der Waals surface area contributed by atoms with Gasteiger partial charge in [0.2, 0.25) is 5.88 Å². The van der Waals surface area contributed by atoms with Gasteiger partial charge in [-0.15, -0.1) is 6.42 Å². The topological polar surface area (TPSA) is 27.1 Å². The summed E-state index contributed by atoms with van der Waals surface area (Å²) in [4.78, 5) is 0. The summed E-state index contributed by atoms with van der Waals surface area (Å²) >= 11 is 0. The van der Waals surface area contributed by atoms with Crippen molar-refractivity contribution in [3.8, 4) is 18.2 Å². The fraction of sp³-hybridized carbons (Fsp3) is 0.214. The molecular weight excluding hydrogens is 269 g/mol. The third kappa shape index (κ3) is 2.94. The van der Waals surface area contributed by atoms with E-state index in [1.165, 1.54) is 23.0 Å². The van der Waals surface area contributed by atoms with Crippen molar-refractivity contribution in [2.75, 3.05) is 0 Å². The Morgan fingerprint density at radius 2 is 1.95 bits per heavy atom. The van der Waals surface area contributed by atoms with Crippen LogP contribution in [-0.2, 0) is 19.8 Å². The Bertz CT molecular complexity index is 636. The quantitative estimate of drug-likeness (QED) is 0.808. The van der Waals surface area contributed by atoms with Gasteiger partial charge < -0.3 is 4.74 Å². The molecule has 0 bridgehead atoms. The average Bonchev–Trinajstić information content (AvgIpc) is 2.76. The number of nitrogens with zero attached hydrogens (tertiary/aromatic N) is 2. The van der Waals surface area contributed by atoms with Gasteiger partial charge in [0, 0.05) is 7.05 Å². The van der Waals surface area contributed by atoms with Gasteiger partial charge in [-0.2, -0.15) is 18.3 Å². The van der Waals surface area contributed by atoms with Gasteiger partial charge in [-0.3, -0.25) is 0 Å². The Kier molecular flexibility index (Phi) is 3.70. The number of hydrogen-bond donors (Lipinski definition) is 0. The molecular formula is C14H11F3N2O. The molecule has 0 unspecified atom stereocenters. The van der Waals surface area contributed by atoms with Crippen LogP contribution in [0.2, 0.25) is 0 Å². The van der Waals surface area contributed by atoms with Crippen molar-refractivity contribution in [2.24, 2.45) is 7.05 Å². The molecule has 0 aliphatic rings. The van der Waals surface area contributed by atoms with E-state index >= 15 is 0 Å². The normalized spacial score (nSPS) is 11.2. The molecule has 0 spiro atoms. The van der Waals surface area contributed by atoms with E-state index in [0.29, 0.717) is 17.0 Å². The number of benzene rings is 1. The Morgan fingerprint density at radius 3 is 2.50 bits per heavy atom. The molecule has 1 aromatic carbocycles. The van der Waals surface area contributed by atoms with E-state index in [1.807, 2.05) is 0 Å². The minimum absolute atomic E-state index is 0.117. The maximum atomic E-state index is 12.4. The van der Waals surface area contributed by atoms with Gasteiger partial charge in [0.05, 0.1) is 11.8 Å². The third-order valence-corrected chi connectivity index (χ3v) is 2.70. The van der Waals surface area contributed by atoms with Crippen molar-refractivity contribution < 1.29 is 17.9 Å². The highest BCUT2D eigenvalue weighted by Gasteiger charge is 2.29. The molecule has 3 nitrogen and oxygen atoms in total. The largest absolute Gasteiger partial charge is 0.472 e. The van der Waals surface area contributed by atoms with Gasteiger partial charge in [0.15, 0.2) is 0 Å². The molecule has 6 heteroatoms. The van der Waals surface area contributed by atoms with Crippen LogP contribution in [0, 0.1) is 12.3 Å². The van der Waals surface area contributed by atoms with Crippen LogP contribution in [0.4, 0.5) is 13.2 Å². The zero-order valence-electron chi connectivity index (χ0n) is 10.6. The van der Waals surface area contributed by atoms with E-state index < -0.39 is 11.7 Å². The highest BCUT2D eigenvalue weighted by atomic mass is 19.4. The van der Waals surface area contributed by atoms with Gasteiger partial charge in [-0.1, -0.05) is 18.1 Å². The zero-order chi connectivity index (χ0) is 14.8. The fourth-order valence-corrected chi connectivity index (χ4v) is 1.64. The second kappa shape index (κ2) is 5.29. The van der Waals surface area contributed by atoms with Gasteiger partial charge in [-0.05, 0) is 17.7 Å². The molecule has 0 amide bonds. The molecule has 0 aliphatic heterocycles. The lowest BCUT2D eigenvalue weighted by Gasteiger charge is -2.09. The lowest BCUT2D eigenvalue weighted by molar-refractivity contribution is -0.137. The summed E-state index contributed by atoms with van der Waals surface area (Å²) in [6, 6.07) is 4.78. The van der Waals surface area contributed by atoms with Crippen LogP contribution in [0.25, 0.3) is 0 Å². The summed E-state index contributed by atoms with van der Waals surface area (Å²) in [5.74, 6) is 2.83. The van der Waals surface area contributed by atoms with Crippen LogP contribution in [0.1, 0.15) is 16.7 Å². The van der Waals surface area contributed by atoms with Crippen LogP contribution >= 0.6 is 0 Å². The SMILES string of the molecule is C#Cc1cnn(C)c1OCc1ccc(C(F)(F)F)cc1. The van der Waals surface area contributed by atoms with E-state index in [2.05, 4.69) is 11.0 Å². The molecule has 0 aliphatic carbocycles. The summed E-state index contributed by atoms with van der Waals surface area (Å²) in [7, 11) is 1.67. The van der Waals surface area contributed by atoms with Crippen LogP contribution in [0.15, 0.2) is 30.5 Å². The number of alkyl halides is 3. The minimum Gasteiger partial charge on any atom is -0.472 e. The first kappa shape index (κ1) is 14.0. The molecule has 2 rings (SSSR count). The maximum Gasteiger partial charge on any atom is 0.416 e. The Balaban J connectivity index is 2.08. The second-order valence-corrected chi connectivity index (χ2v) is 4.11. The molecule has 0 saturated heterocycles. The standard InChI is InChI=1S/C14H11F3N2O/c1-3-11-8-18-19(2)13(11)20-9-10-4-6-12(7-5-10)14(15,16)17/h1,4-8H,9H2,2H3. The van der Waals surface area contributed by atoms with Crippen molar-refractivity contribution in [3.63, 3.8) is 0 Å². The molecule has 0 saturated carbocycles. The van der Waals surface area contributed by atoms with Gasteiger partial charge in [0.25, 0.3) is 0 Å². The van der Waals surface area contributed by atoms with E-state index in [0.717, 1.165) is 12.1 Å².